The number of unbranched alkanes of at least 4 members (excludes halogenated alkanes) is 1. The molecular formula is C18H26N2. The fourth-order valence-electron chi connectivity index (χ4n) is 3.01. The maximum Gasteiger partial charge on any atom is 0.0622 e. The molecule has 2 rings (SSSR count). The molecule has 0 N–H and O–H groups in total. The quantitative estimate of drug-likeness (QED) is 0.732. The van der Waals surface area contributed by atoms with E-state index in [1.54, 1.807) is 0 Å². The monoisotopic (exact) mass is 270 g/mol. The fourth-order valence-corrected chi connectivity index (χ4v) is 3.01. The average Bonchev–Trinajstić information content (AvgIpc) is 2.48. The lowest BCUT2D eigenvalue weighted by Crippen LogP contribution is -2.34. The van der Waals surface area contributed by atoms with Crippen molar-refractivity contribution in [3.63, 3.8) is 0 Å². The number of aryl methyl sites for hydroxylation is 2. The molecule has 1 saturated heterocycles. The normalized spacial score (nSPS) is 17.0. The fraction of sp³-hybridized carbons (Fsp3) is 0.611. The van der Waals surface area contributed by atoms with Gasteiger partial charge in [-0.05, 0) is 70.1 Å². The Morgan fingerprint density at radius 2 is 1.90 bits per heavy atom. The van der Waals surface area contributed by atoms with Crippen molar-refractivity contribution in [2.45, 2.75) is 45.4 Å². The summed E-state index contributed by atoms with van der Waals surface area (Å²) in [6.45, 7) is 5.71. The molecule has 20 heavy (non-hydrogen) atoms. The van der Waals surface area contributed by atoms with Crippen molar-refractivity contribution in [3.8, 4) is 6.07 Å². The van der Waals surface area contributed by atoms with Crippen LogP contribution in [0.2, 0.25) is 0 Å². The lowest BCUT2D eigenvalue weighted by Gasteiger charge is -2.31. The molecule has 0 amide bonds. The minimum Gasteiger partial charge on any atom is -0.303 e. The third-order valence-corrected chi connectivity index (χ3v) is 4.43. The van der Waals surface area contributed by atoms with Gasteiger partial charge in [-0.15, -0.1) is 0 Å². The molecule has 0 unspecified atom stereocenters. The maximum absolute atomic E-state index is 8.56. The van der Waals surface area contributed by atoms with E-state index >= 15 is 0 Å². The molecule has 1 aliphatic heterocycles. The van der Waals surface area contributed by atoms with Crippen molar-refractivity contribution in [3.05, 3.63) is 35.4 Å². The first-order chi connectivity index (χ1) is 9.78. The number of piperidine rings is 1. The second kappa shape index (κ2) is 8.07. The summed E-state index contributed by atoms with van der Waals surface area (Å²) in [4.78, 5) is 2.53. The van der Waals surface area contributed by atoms with Crippen LogP contribution in [0.3, 0.4) is 0 Å². The molecule has 2 nitrogen and oxygen atoms in total. The molecular weight excluding hydrogens is 244 g/mol. The number of hydrogen-bond acceptors (Lipinski definition) is 2. The van der Waals surface area contributed by atoms with Gasteiger partial charge in [0.25, 0.3) is 0 Å². The van der Waals surface area contributed by atoms with Crippen molar-refractivity contribution < 1.29 is 0 Å². The number of nitrogens with zero attached hydrogens (tertiary/aromatic N) is 2. The molecule has 1 aromatic rings. The highest BCUT2D eigenvalue weighted by molar-refractivity contribution is 5.21. The first kappa shape index (κ1) is 15.1. The first-order valence-electron chi connectivity index (χ1n) is 7.93. The van der Waals surface area contributed by atoms with Gasteiger partial charge in [-0.3, -0.25) is 0 Å². The van der Waals surface area contributed by atoms with E-state index in [0.717, 1.165) is 18.9 Å². The third kappa shape index (κ3) is 4.98. The topological polar surface area (TPSA) is 27.0 Å². The van der Waals surface area contributed by atoms with Gasteiger partial charge >= 0.3 is 0 Å². The number of hydrogen-bond donors (Lipinski definition) is 0. The first-order valence-corrected chi connectivity index (χ1v) is 7.93. The van der Waals surface area contributed by atoms with E-state index in [0.29, 0.717) is 6.42 Å². The van der Waals surface area contributed by atoms with Crippen LogP contribution in [0.1, 0.15) is 43.2 Å². The van der Waals surface area contributed by atoms with Crippen molar-refractivity contribution in [2.24, 2.45) is 5.92 Å². The van der Waals surface area contributed by atoms with E-state index in [9.17, 15) is 0 Å². The van der Waals surface area contributed by atoms with Crippen molar-refractivity contribution in [1.82, 2.24) is 4.90 Å². The number of nitriles is 1. The Kier molecular flexibility index (Phi) is 6.08. The highest BCUT2D eigenvalue weighted by atomic mass is 15.1. The van der Waals surface area contributed by atoms with E-state index in [4.69, 9.17) is 5.26 Å². The number of likely N-dealkylation sites (tertiary alicyclic amines) is 1. The largest absolute Gasteiger partial charge is 0.303 e. The molecule has 0 spiro atoms. The molecule has 1 fully saturated rings. The average molecular weight is 270 g/mol. The number of rotatable bonds is 6. The van der Waals surface area contributed by atoms with Crippen LogP contribution in [0.5, 0.6) is 0 Å². The minimum absolute atomic E-state index is 0.702. The lowest BCUT2D eigenvalue weighted by molar-refractivity contribution is 0.178. The molecule has 108 valence electrons. The number of benzene rings is 1. The maximum atomic E-state index is 8.56. The summed E-state index contributed by atoms with van der Waals surface area (Å²) in [5.74, 6) is 0.892. The second-order valence-electron chi connectivity index (χ2n) is 6.07. The summed E-state index contributed by atoms with van der Waals surface area (Å²) in [6.07, 6.45) is 6.95. The zero-order valence-electron chi connectivity index (χ0n) is 12.6. The van der Waals surface area contributed by atoms with Gasteiger partial charge < -0.3 is 4.90 Å². The summed E-state index contributed by atoms with van der Waals surface area (Å²) in [6, 6.07) is 11.2. The van der Waals surface area contributed by atoms with Crippen LogP contribution in [0.15, 0.2) is 24.3 Å². The Bertz CT molecular complexity index is 422. The Hall–Kier alpha value is -1.33. The summed E-state index contributed by atoms with van der Waals surface area (Å²) < 4.78 is 0. The van der Waals surface area contributed by atoms with E-state index in [1.165, 1.54) is 49.9 Å². The predicted octanol–water partition coefficient (Wildman–Crippen LogP) is 3.94. The molecule has 0 aromatic heterocycles. The summed E-state index contributed by atoms with van der Waals surface area (Å²) in [5.41, 5.74) is 2.83. The van der Waals surface area contributed by atoms with Crippen LogP contribution in [0, 0.1) is 24.2 Å². The van der Waals surface area contributed by atoms with E-state index in [2.05, 4.69) is 42.2 Å². The zero-order chi connectivity index (χ0) is 14.2. The molecule has 0 aliphatic carbocycles. The zero-order valence-corrected chi connectivity index (χ0v) is 12.6. The molecule has 1 heterocycles. The van der Waals surface area contributed by atoms with E-state index in [-0.39, 0.29) is 0 Å². The molecule has 0 atom stereocenters. The van der Waals surface area contributed by atoms with Crippen molar-refractivity contribution in [2.75, 3.05) is 19.6 Å². The Labute approximate surface area is 123 Å². The van der Waals surface area contributed by atoms with Crippen molar-refractivity contribution in [1.29, 1.82) is 5.26 Å². The molecule has 2 heteroatoms. The molecule has 0 bridgehead atoms. The molecule has 0 radical (unpaired) electrons. The molecule has 1 aliphatic rings. The van der Waals surface area contributed by atoms with Gasteiger partial charge in [0.2, 0.25) is 0 Å². The highest BCUT2D eigenvalue weighted by Crippen LogP contribution is 2.22. The van der Waals surface area contributed by atoms with Gasteiger partial charge in [-0.1, -0.05) is 29.8 Å². The Balaban J connectivity index is 1.64. The lowest BCUT2D eigenvalue weighted by atomic mass is 9.90. The molecule has 0 saturated carbocycles. The Morgan fingerprint density at radius 3 is 2.55 bits per heavy atom. The van der Waals surface area contributed by atoms with Crippen LogP contribution in [0.25, 0.3) is 0 Å². The van der Waals surface area contributed by atoms with Gasteiger partial charge in [0.05, 0.1) is 6.07 Å². The summed E-state index contributed by atoms with van der Waals surface area (Å²) in [5, 5.41) is 8.56. The van der Waals surface area contributed by atoms with Crippen LogP contribution in [-0.2, 0) is 6.42 Å². The van der Waals surface area contributed by atoms with Crippen LogP contribution in [0.4, 0.5) is 0 Å². The third-order valence-electron chi connectivity index (χ3n) is 4.43. The van der Waals surface area contributed by atoms with Gasteiger partial charge in [0.1, 0.15) is 0 Å². The second-order valence-corrected chi connectivity index (χ2v) is 6.07. The van der Waals surface area contributed by atoms with Gasteiger partial charge in [0, 0.05) is 6.42 Å². The smallest absolute Gasteiger partial charge is 0.0622 e. The van der Waals surface area contributed by atoms with Gasteiger partial charge in [0.15, 0.2) is 0 Å². The van der Waals surface area contributed by atoms with Crippen LogP contribution in [-0.4, -0.2) is 24.5 Å². The standard InChI is InChI=1S/C18H26N2/c1-16-4-6-17(7-5-16)8-9-18-10-14-20(15-11-18)13-3-2-12-19/h4-7,18H,2-3,8-11,13-15H2,1H3. The predicted molar refractivity (Wildman–Crippen MR) is 83.5 cm³/mol. The highest BCUT2D eigenvalue weighted by Gasteiger charge is 2.18. The van der Waals surface area contributed by atoms with E-state index in [1.807, 2.05) is 0 Å². The van der Waals surface area contributed by atoms with Crippen molar-refractivity contribution >= 4 is 0 Å². The summed E-state index contributed by atoms with van der Waals surface area (Å²) in [7, 11) is 0. The van der Waals surface area contributed by atoms with Gasteiger partial charge in [-0.2, -0.15) is 5.26 Å². The SMILES string of the molecule is Cc1ccc(CCC2CCN(CCCC#N)CC2)cc1. The Morgan fingerprint density at radius 1 is 1.20 bits per heavy atom. The van der Waals surface area contributed by atoms with E-state index < -0.39 is 0 Å². The van der Waals surface area contributed by atoms with Gasteiger partial charge in [-0.25, -0.2) is 0 Å². The summed E-state index contributed by atoms with van der Waals surface area (Å²) >= 11 is 0. The molecule has 1 aromatic carbocycles. The van der Waals surface area contributed by atoms with Crippen LogP contribution >= 0.6 is 0 Å². The minimum atomic E-state index is 0.702. The van der Waals surface area contributed by atoms with Crippen LogP contribution < -0.4 is 0 Å².